The van der Waals surface area contributed by atoms with E-state index in [4.69, 9.17) is 13.9 Å². The molecule has 1 aliphatic rings. The van der Waals surface area contributed by atoms with E-state index >= 15 is 0 Å². The van der Waals surface area contributed by atoms with Crippen molar-refractivity contribution < 1.29 is 18.7 Å². The van der Waals surface area contributed by atoms with Gasteiger partial charge in [0.2, 0.25) is 5.76 Å². The first-order valence-corrected chi connectivity index (χ1v) is 12.5. The second kappa shape index (κ2) is 10.1. The van der Waals surface area contributed by atoms with Crippen molar-refractivity contribution in [2.45, 2.75) is 39.8 Å². The topological polar surface area (TPSA) is 81.9 Å². The van der Waals surface area contributed by atoms with E-state index in [1.54, 1.807) is 36.5 Å². The Labute approximate surface area is 215 Å². The van der Waals surface area contributed by atoms with Gasteiger partial charge in [-0.25, -0.2) is 0 Å². The number of carbonyl (C=O) groups excluding carboxylic acids is 1. The SMILES string of the molecule is COc1cc(C2c3c(oc4ccc(C)cc4c3=O)C(=O)N2Cc2cccnc2)ccc1OCCC(C)C. The summed E-state index contributed by atoms with van der Waals surface area (Å²) in [5.41, 5.74) is 3.06. The van der Waals surface area contributed by atoms with Gasteiger partial charge < -0.3 is 18.8 Å². The number of hydrogen-bond donors (Lipinski definition) is 0. The van der Waals surface area contributed by atoms with Gasteiger partial charge in [0.15, 0.2) is 16.9 Å². The molecule has 1 atom stereocenters. The van der Waals surface area contributed by atoms with Crippen molar-refractivity contribution in [3.8, 4) is 11.5 Å². The molecular formula is C30H30N2O5. The molecular weight excluding hydrogens is 468 g/mol. The van der Waals surface area contributed by atoms with Gasteiger partial charge >= 0.3 is 0 Å². The van der Waals surface area contributed by atoms with E-state index in [0.29, 0.717) is 40.6 Å². The molecule has 37 heavy (non-hydrogen) atoms. The van der Waals surface area contributed by atoms with E-state index in [1.165, 1.54) is 0 Å². The lowest BCUT2D eigenvalue weighted by Gasteiger charge is -2.26. The Balaban J connectivity index is 1.64. The Morgan fingerprint density at radius 1 is 1.08 bits per heavy atom. The summed E-state index contributed by atoms with van der Waals surface area (Å²) in [6.45, 7) is 7.05. The molecule has 5 rings (SSSR count). The predicted octanol–water partition coefficient (Wildman–Crippen LogP) is 5.68. The van der Waals surface area contributed by atoms with Crippen LogP contribution in [0.25, 0.3) is 11.0 Å². The Bertz CT molecular complexity index is 1510. The van der Waals surface area contributed by atoms with E-state index in [-0.39, 0.29) is 23.6 Å². The van der Waals surface area contributed by atoms with Crippen LogP contribution in [0.15, 0.2) is 70.1 Å². The van der Waals surface area contributed by atoms with Crippen LogP contribution in [0.1, 0.15) is 59.1 Å². The highest BCUT2D eigenvalue weighted by Gasteiger charge is 2.43. The standard InChI is InChI=1S/C30H30N2O5/c1-18(2)11-13-36-24-10-8-21(15-25(24)35-4)27-26-28(33)22-14-19(3)7-9-23(22)37-29(26)30(34)32(27)17-20-6-5-12-31-16-20/h5-10,12,14-16,18,27H,11,13,17H2,1-4H3. The number of hydrogen-bond acceptors (Lipinski definition) is 6. The molecule has 7 nitrogen and oxygen atoms in total. The maximum atomic E-state index is 13.8. The number of aromatic nitrogens is 1. The largest absolute Gasteiger partial charge is 0.493 e. The van der Waals surface area contributed by atoms with Crippen LogP contribution in [0.5, 0.6) is 11.5 Å². The number of ether oxygens (including phenoxy) is 2. The van der Waals surface area contributed by atoms with Gasteiger partial charge in [0.05, 0.1) is 30.7 Å². The summed E-state index contributed by atoms with van der Waals surface area (Å²) in [6, 6.07) is 14.1. The lowest BCUT2D eigenvalue weighted by Crippen LogP contribution is -2.29. The van der Waals surface area contributed by atoms with Crippen LogP contribution in [0.3, 0.4) is 0 Å². The molecule has 0 fully saturated rings. The van der Waals surface area contributed by atoms with Gasteiger partial charge in [-0.3, -0.25) is 14.6 Å². The molecule has 1 amide bonds. The third-order valence-corrected chi connectivity index (χ3v) is 6.65. The van der Waals surface area contributed by atoms with Gasteiger partial charge in [0.1, 0.15) is 5.58 Å². The molecule has 2 aromatic carbocycles. The zero-order valence-electron chi connectivity index (χ0n) is 21.5. The minimum Gasteiger partial charge on any atom is -0.493 e. The molecule has 4 aromatic rings. The van der Waals surface area contributed by atoms with Gasteiger partial charge in [-0.2, -0.15) is 0 Å². The van der Waals surface area contributed by atoms with Crippen molar-refractivity contribution in [1.82, 2.24) is 9.88 Å². The lowest BCUT2D eigenvalue weighted by molar-refractivity contribution is 0.0714. The molecule has 1 aliphatic heterocycles. The quantitative estimate of drug-likeness (QED) is 0.311. The number of methoxy groups -OCH3 is 1. The van der Waals surface area contributed by atoms with Crippen molar-refractivity contribution >= 4 is 16.9 Å². The molecule has 2 aromatic heterocycles. The van der Waals surface area contributed by atoms with Crippen LogP contribution in [0.2, 0.25) is 0 Å². The summed E-state index contributed by atoms with van der Waals surface area (Å²) in [6.07, 6.45) is 4.32. The van der Waals surface area contributed by atoms with Gasteiger partial charge in [0, 0.05) is 18.9 Å². The van der Waals surface area contributed by atoms with E-state index in [9.17, 15) is 9.59 Å². The lowest BCUT2D eigenvalue weighted by atomic mass is 9.97. The average molecular weight is 499 g/mol. The first-order valence-electron chi connectivity index (χ1n) is 12.5. The van der Waals surface area contributed by atoms with Gasteiger partial charge in [-0.15, -0.1) is 0 Å². The molecule has 7 heteroatoms. The normalized spacial score (nSPS) is 14.9. The van der Waals surface area contributed by atoms with E-state index in [2.05, 4.69) is 18.8 Å². The monoisotopic (exact) mass is 498 g/mol. The highest BCUT2D eigenvalue weighted by molar-refractivity contribution is 5.99. The molecule has 0 bridgehead atoms. The van der Waals surface area contributed by atoms with Crippen LogP contribution in [-0.2, 0) is 6.54 Å². The summed E-state index contributed by atoms with van der Waals surface area (Å²) < 4.78 is 17.7. The van der Waals surface area contributed by atoms with Crippen molar-refractivity contribution in [2.24, 2.45) is 5.92 Å². The molecule has 0 N–H and O–H groups in total. The highest BCUT2D eigenvalue weighted by Crippen LogP contribution is 2.41. The second-order valence-electron chi connectivity index (χ2n) is 9.81. The van der Waals surface area contributed by atoms with E-state index < -0.39 is 6.04 Å². The number of carbonyl (C=O) groups is 1. The van der Waals surface area contributed by atoms with E-state index in [1.807, 2.05) is 43.3 Å². The average Bonchev–Trinajstić information content (AvgIpc) is 3.16. The summed E-state index contributed by atoms with van der Waals surface area (Å²) in [5.74, 6) is 1.43. The smallest absolute Gasteiger partial charge is 0.291 e. The van der Waals surface area contributed by atoms with Crippen molar-refractivity contribution in [3.63, 3.8) is 0 Å². The predicted molar refractivity (Wildman–Crippen MR) is 141 cm³/mol. The molecule has 0 saturated heterocycles. The Kier molecular flexibility index (Phi) is 6.70. The maximum Gasteiger partial charge on any atom is 0.291 e. The number of benzene rings is 2. The molecule has 0 radical (unpaired) electrons. The fourth-order valence-corrected chi connectivity index (χ4v) is 4.71. The van der Waals surface area contributed by atoms with Crippen LogP contribution in [0, 0.1) is 12.8 Å². The van der Waals surface area contributed by atoms with Crippen LogP contribution in [-0.4, -0.2) is 29.5 Å². The Morgan fingerprint density at radius 2 is 1.92 bits per heavy atom. The van der Waals surface area contributed by atoms with Gasteiger partial charge in [-0.05, 0) is 60.7 Å². The van der Waals surface area contributed by atoms with Crippen LogP contribution in [0.4, 0.5) is 0 Å². The van der Waals surface area contributed by atoms with Crippen molar-refractivity contribution in [3.05, 3.63) is 99.2 Å². The third-order valence-electron chi connectivity index (χ3n) is 6.65. The Morgan fingerprint density at radius 3 is 2.65 bits per heavy atom. The fourth-order valence-electron chi connectivity index (χ4n) is 4.71. The second-order valence-corrected chi connectivity index (χ2v) is 9.81. The summed E-state index contributed by atoms with van der Waals surface area (Å²) in [4.78, 5) is 33.4. The number of amides is 1. The molecule has 3 heterocycles. The first kappa shape index (κ1) is 24.6. The van der Waals surface area contributed by atoms with Gasteiger partial charge in [0.25, 0.3) is 5.91 Å². The zero-order chi connectivity index (χ0) is 26.1. The molecule has 190 valence electrons. The number of rotatable bonds is 8. The van der Waals surface area contributed by atoms with Gasteiger partial charge in [-0.1, -0.05) is 37.6 Å². The molecule has 0 spiro atoms. The molecule has 1 unspecified atom stereocenters. The van der Waals surface area contributed by atoms with Crippen LogP contribution >= 0.6 is 0 Å². The molecule has 0 saturated carbocycles. The Hall–Kier alpha value is -4.13. The number of pyridine rings is 1. The highest BCUT2D eigenvalue weighted by atomic mass is 16.5. The zero-order valence-corrected chi connectivity index (χ0v) is 21.5. The number of aryl methyl sites for hydroxylation is 1. The molecule has 0 aliphatic carbocycles. The summed E-state index contributed by atoms with van der Waals surface area (Å²) in [7, 11) is 1.58. The minimum atomic E-state index is -0.650. The summed E-state index contributed by atoms with van der Waals surface area (Å²) in [5, 5.41) is 0.459. The summed E-state index contributed by atoms with van der Waals surface area (Å²) >= 11 is 0. The van der Waals surface area contributed by atoms with Crippen molar-refractivity contribution in [1.29, 1.82) is 0 Å². The van der Waals surface area contributed by atoms with E-state index in [0.717, 1.165) is 23.1 Å². The maximum absolute atomic E-state index is 13.8. The first-order chi connectivity index (χ1) is 17.9. The van der Waals surface area contributed by atoms with Crippen LogP contribution < -0.4 is 14.9 Å². The van der Waals surface area contributed by atoms with Crippen molar-refractivity contribution in [2.75, 3.05) is 13.7 Å². The third kappa shape index (κ3) is 4.69. The number of fused-ring (bicyclic) bond motifs is 2. The minimum absolute atomic E-state index is 0.0754. The number of nitrogens with zero attached hydrogens (tertiary/aromatic N) is 2. The fraction of sp³-hybridized carbons (Fsp3) is 0.300.